The molecule has 1 saturated heterocycles. The quantitative estimate of drug-likeness (QED) is 0.858. The van der Waals surface area contributed by atoms with Gasteiger partial charge in [-0.3, -0.25) is 10.1 Å². The molecule has 0 aromatic carbocycles. The lowest BCUT2D eigenvalue weighted by molar-refractivity contribution is -0.00716. The fourth-order valence-electron chi connectivity index (χ4n) is 2.78. The average molecular weight is 358 g/mol. The largest absolute Gasteiger partial charge is 0.373 e. The van der Waals surface area contributed by atoms with Gasteiger partial charge in [-0.2, -0.15) is 0 Å². The first-order chi connectivity index (χ1) is 12.5. The van der Waals surface area contributed by atoms with Gasteiger partial charge >= 0.3 is 6.03 Å². The van der Waals surface area contributed by atoms with Gasteiger partial charge in [-0.25, -0.2) is 14.8 Å². The van der Waals surface area contributed by atoms with Gasteiger partial charge in [0.05, 0.1) is 19.3 Å². The monoisotopic (exact) mass is 358 g/mol. The molecule has 138 valence electrons. The van der Waals surface area contributed by atoms with Crippen LogP contribution < -0.4 is 15.8 Å². The second-order valence-corrected chi connectivity index (χ2v) is 6.13. The van der Waals surface area contributed by atoms with Crippen LogP contribution in [0.2, 0.25) is 0 Å². The fourth-order valence-corrected chi connectivity index (χ4v) is 2.78. The number of hydrogen-bond donors (Lipinski definition) is 1. The van der Waals surface area contributed by atoms with Gasteiger partial charge in [-0.1, -0.05) is 6.07 Å². The normalized spacial score (nSPS) is 17.0. The molecule has 2 aromatic heterocycles. The van der Waals surface area contributed by atoms with E-state index in [2.05, 4.69) is 15.3 Å². The Balaban J connectivity index is 1.60. The van der Waals surface area contributed by atoms with E-state index in [1.54, 1.807) is 54.6 Å². The van der Waals surface area contributed by atoms with Crippen molar-refractivity contribution in [2.24, 2.45) is 7.05 Å². The lowest BCUT2D eigenvalue weighted by Crippen LogP contribution is -2.51. The van der Waals surface area contributed by atoms with Gasteiger partial charge in [0, 0.05) is 45.8 Å². The first-order valence-corrected chi connectivity index (χ1v) is 8.36. The number of pyridine rings is 1. The number of anilines is 2. The Labute approximate surface area is 151 Å². The second-order valence-electron chi connectivity index (χ2n) is 6.13. The lowest BCUT2D eigenvalue weighted by Gasteiger charge is -2.34. The van der Waals surface area contributed by atoms with E-state index in [0.717, 1.165) is 0 Å². The minimum Gasteiger partial charge on any atom is -0.373 e. The summed E-state index contributed by atoms with van der Waals surface area (Å²) in [7, 11) is 3.47. The number of carbonyl (C=O) groups is 1. The molecule has 3 heterocycles. The van der Waals surface area contributed by atoms with Crippen molar-refractivity contribution in [3.05, 3.63) is 47.1 Å². The molecule has 1 fully saturated rings. The molecule has 0 aliphatic carbocycles. The van der Waals surface area contributed by atoms with Crippen LogP contribution in [0.15, 0.2) is 41.6 Å². The molecule has 26 heavy (non-hydrogen) atoms. The van der Waals surface area contributed by atoms with E-state index in [-0.39, 0.29) is 17.7 Å². The number of morpholine rings is 1. The predicted octanol–water partition coefficient (Wildman–Crippen LogP) is 0.544. The second kappa shape index (κ2) is 7.96. The van der Waals surface area contributed by atoms with Gasteiger partial charge in [0.25, 0.3) is 5.56 Å². The molecule has 9 nitrogen and oxygen atoms in total. The smallest absolute Gasteiger partial charge is 0.323 e. The molecule has 0 spiro atoms. The first kappa shape index (κ1) is 17.9. The van der Waals surface area contributed by atoms with Crippen LogP contribution in [-0.2, 0) is 11.8 Å². The summed E-state index contributed by atoms with van der Waals surface area (Å²) in [5, 5.41) is 2.77. The molecule has 1 aliphatic rings. The van der Waals surface area contributed by atoms with E-state index in [1.165, 1.54) is 4.57 Å². The number of rotatable bonds is 4. The molecule has 1 aliphatic heterocycles. The highest BCUT2D eigenvalue weighted by Crippen LogP contribution is 2.11. The van der Waals surface area contributed by atoms with Gasteiger partial charge in [-0.15, -0.1) is 0 Å². The van der Waals surface area contributed by atoms with E-state index >= 15 is 0 Å². The molecule has 0 saturated carbocycles. The summed E-state index contributed by atoms with van der Waals surface area (Å²) in [5.41, 5.74) is -0.171. The Bertz CT molecular complexity index is 810. The van der Waals surface area contributed by atoms with Crippen molar-refractivity contribution in [2.75, 3.05) is 43.5 Å². The van der Waals surface area contributed by atoms with Gasteiger partial charge in [-0.05, 0) is 12.1 Å². The summed E-state index contributed by atoms with van der Waals surface area (Å²) in [6, 6.07) is 5.12. The van der Waals surface area contributed by atoms with Crippen LogP contribution in [0.5, 0.6) is 0 Å². The maximum Gasteiger partial charge on any atom is 0.323 e. The Morgan fingerprint density at radius 2 is 2.23 bits per heavy atom. The number of nitrogens with zero attached hydrogens (tertiary/aromatic N) is 5. The van der Waals surface area contributed by atoms with E-state index in [9.17, 15) is 9.59 Å². The summed E-state index contributed by atoms with van der Waals surface area (Å²) in [5.74, 6) is 0.864. The first-order valence-electron chi connectivity index (χ1n) is 8.36. The number of hydrogen-bond acceptors (Lipinski definition) is 6. The molecule has 0 radical (unpaired) electrons. The zero-order valence-electron chi connectivity index (χ0n) is 14.8. The van der Waals surface area contributed by atoms with Crippen LogP contribution in [0, 0.1) is 0 Å². The van der Waals surface area contributed by atoms with Crippen LogP contribution in [0.4, 0.5) is 16.4 Å². The Kier molecular flexibility index (Phi) is 5.47. The van der Waals surface area contributed by atoms with E-state index in [4.69, 9.17) is 4.74 Å². The summed E-state index contributed by atoms with van der Waals surface area (Å²) in [4.78, 5) is 36.3. The number of urea groups is 1. The third-order valence-electron chi connectivity index (χ3n) is 4.16. The van der Waals surface area contributed by atoms with Gasteiger partial charge < -0.3 is 19.1 Å². The van der Waals surface area contributed by atoms with Crippen LogP contribution in [0.25, 0.3) is 0 Å². The average Bonchev–Trinajstić information content (AvgIpc) is 2.65. The molecule has 1 N–H and O–H groups in total. The Morgan fingerprint density at radius 3 is 3.00 bits per heavy atom. The maximum atomic E-state index is 12.4. The molecule has 2 aromatic rings. The number of likely N-dealkylation sites (N-methyl/N-ethyl adjacent to an activating group) is 1. The SMILES string of the molecule is CN(C[C@H]1CN(C(=O)Nc2ccccn2)CCO1)c1nccn(C)c1=O. The molecule has 1 atom stereocenters. The molecular formula is C17H22N6O3. The maximum absolute atomic E-state index is 12.4. The predicted molar refractivity (Wildman–Crippen MR) is 97.3 cm³/mol. The van der Waals surface area contributed by atoms with E-state index in [1.807, 2.05) is 6.07 Å². The molecular weight excluding hydrogens is 336 g/mol. The fraction of sp³-hybridized carbons (Fsp3) is 0.412. The highest BCUT2D eigenvalue weighted by molar-refractivity contribution is 5.88. The Hall–Kier alpha value is -2.94. The highest BCUT2D eigenvalue weighted by Gasteiger charge is 2.26. The molecule has 0 bridgehead atoms. The van der Waals surface area contributed by atoms with E-state index in [0.29, 0.717) is 37.9 Å². The number of ether oxygens (including phenoxy) is 1. The summed E-state index contributed by atoms with van der Waals surface area (Å²) >= 11 is 0. The zero-order valence-corrected chi connectivity index (χ0v) is 14.8. The van der Waals surface area contributed by atoms with Crippen molar-refractivity contribution in [3.63, 3.8) is 0 Å². The molecule has 0 unspecified atom stereocenters. The van der Waals surface area contributed by atoms with Gasteiger partial charge in [0.2, 0.25) is 0 Å². The van der Waals surface area contributed by atoms with Crippen LogP contribution in [0.3, 0.4) is 0 Å². The number of carbonyl (C=O) groups excluding carboxylic acids is 1. The topological polar surface area (TPSA) is 92.6 Å². The van der Waals surface area contributed by atoms with Crippen LogP contribution >= 0.6 is 0 Å². The van der Waals surface area contributed by atoms with Crippen molar-refractivity contribution in [3.8, 4) is 0 Å². The zero-order chi connectivity index (χ0) is 18.5. The Morgan fingerprint density at radius 1 is 1.38 bits per heavy atom. The van der Waals surface area contributed by atoms with Gasteiger partial charge in [0.15, 0.2) is 5.82 Å². The van der Waals surface area contributed by atoms with Crippen molar-refractivity contribution in [2.45, 2.75) is 6.10 Å². The summed E-state index contributed by atoms with van der Waals surface area (Å²) in [6.45, 7) is 1.83. The number of amides is 2. The van der Waals surface area contributed by atoms with Crippen LogP contribution in [-0.4, -0.2) is 64.9 Å². The van der Waals surface area contributed by atoms with Crippen molar-refractivity contribution in [1.29, 1.82) is 0 Å². The van der Waals surface area contributed by atoms with Crippen molar-refractivity contribution < 1.29 is 9.53 Å². The standard InChI is InChI=1S/C17H22N6O3/c1-21-8-7-19-15(16(21)24)22(2)11-13-12-23(9-10-26-13)17(25)20-14-5-3-4-6-18-14/h3-8,13H,9-12H2,1-2H3,(H,18,20,25)/t13-/m0/s1. The molecule has 3 rings (SSSR count). The third-order valence-corrected chi connectivity index (χ3v) is 4.16. The molecule has 9 heteroatoms. The number of nitrogens with one attached hydrogen (secondary N) is 1. The van der Waals surface area contributed by atoms with E-state index < -0.39 is 0 Å². The van der Waals surface area contributed by atoms with Gasteiger partial charge in [0.1, 0.15) is 5.82 Å². The van der Waals surface area contributed by atoms with Crippen LogP contribution in [0.1, 0.15) is 0 Å². The number of aromatic nitrogens is 3. The van der Waals surface area contributed by atoms with Crippen molar-refractivity contribution in [1.82, 2.24) is 19.4 Å². The minimum absolute atomic E-state index is 0.171. The highest BCUT2D eigenvalue weighted by atomic mass is 16.5. The summed E-state index contributed by atoms with van der Waals surface area (Å²) in [6.07, 6.45) is 4.61. The third kappa shape index (κ3) is 4.17. The molecule has 2 amide bonds. The summed E-state index contributed by atoms with van der Waals surface area (Å²) < 4.78 is 7.23. The lowest BCUT2D eigenvalue weighted by atomic mass is 10.2. The number of aryl methyl sites for hydroxylation is 1. The minimum atomic E-state index is -0.214. The van der Waals surface area contributed by atoms with Crippen molar-refractivity contribution >= 4 is 17.7 Å².